The lowest BCUT2D eigenvalue weighted by Crippen LogP contribution is -2.47. The highest BCUT2D eigenvalue weighted by atomic mass is 79.9. The second-order valence-corrected chi connectivity index (χ2v) is 8.02. The third-order valence-corrected chi connectivity index (χ3v) is 5.50. The number of halogens is 1. The van der Waals surface area contributed by atoms with E-state index in [0.29, 0.717) is 18.2 Å². The summed E-state index contributed by atoms with van der Waals surface area (Å²) >= 11 is 4.90. The van der Waals surface area contributed by atoms with Crippen molar-refractivity contribution in [3.05, 3.63) is 16.9 Å². The van der Waals surface area contributed by atoms with Crippen LogP contribution in [0, 0.1) is 0 Å². The van der Waals surface area contributed by atoms with Crippen molar-refractivity contribution in [2.45, 2.75) is 5.37 Å². The van der Waals surface area contributed by atoms with Crippen LogP contribution < -0.4 is 4.90 Å². The molecule has 1 fully saturated rings. The van der Waals surface area contributed by atoms with Crippen LogP contribution in [0.2, 0.25) is 0 Å². The first-order valence-corrected chi connectivity index (χ1v) is 8.89. The number of sulfone groups is 1. The van der Waals surface area contributed by atoms with E-state index in [4.69, 9.17) is 0 Å². The van der Waals surface area contributed by atoms with Crippen molar-refractivity contribution in [3.8, 4) is 0 Å². The summed E-state index contributed by atoms with van der Waals surface area (Å²) in [5.41, 5.74) is 0. The van der Waals surface area contributed by atoms with Crippen LogP contribution in [0.25, 0.3) is 0 Å². The van der Waals surface area contributed by atoms with E-state index in [1.807, 2.05) is 0 Å². The Morgan fingerprint density at radius 3 is 2.71 bits per heavy atom. The number of nitrogens with zero attached hydrogens (tertiary/aromatic N) is 3. The lowest BCUT2D eigenvalue weighted by atomic mass is 10.5. The van der Waals surface area contributed by atoms with Crippen molar-refractivity contribution in [2.24, 2.45) is 0 Å². The first-order chi connectivity index (χ1) is 7.98. The maximum atomic E-state index is 11.7. The van der Waals surface area contributed by atoms with E-state index in [-0.39, 0.29) is 0 Å². The molecule has 2 heterocycles. The van der Waals surface area contributed by atoms with Gasteiger partial charge in [-0.1, -0.05) is 0 Å². The van der Waals surface area contributed by atoms with Crippen LogP contribution in [0.1, 0.15) is 0 Å². The van der Waals surface area contributed by atoms with Gasteiger partial charge in [-0.15, -0.1) is 0 Å². The van der Waals surface area contributed by atoms with Gasteiger partial charge >= 0.3 is 0 Å². The minimum Gasteiger partial charge on any atom is -0.322 e. The fourth-order valence-corrected chi connectivity index (χ4v) is 4.64. The molecule has 1 aliphatic rings. The second-order valence-electron chi connectivity index (χ2n) is 3.75. The molecule has 17 heavy (non-hydrogen) atoms. The van der Waals surface area contributed by atoms with Crippen molar-refractivity contribution in [2.75, 3.05) is 29.2 Å². The van der Waals surface area contributed by atoms with Crippen LogP contribution in [-0.2, 0) is 9.84 Å². The van der Waals surface area contributed by atoms with Gasteiger partial charge in [0.05, 0.1) is 4.47 Å². The minimum atomic E-state index is -3.12. The van der Waals surface area contributed by atoms with E-state index < -0.39 is 15.2 Å². The van der Waals surface area contributed by atoms with Gasteiger partial charge in [0.1, 0.15) is 5.37 Å². The Labute approximate surface area is 113 Å². The molecule has 1 aliphatic heterocycles. The van der Waals surface area contributed by atoms with Gasteiger partial charge in [-0.05, 0) is 15.9 Å². The Kier molecular flexibility index (Phi) is 3.94. The molecule has 0 saturated carbocycles. The Bertz CT molecular complexity index is 491. The quantitative estimate of drug-likeness (QED) is 0.807. The van der Waals surface area contributed by atoms with Gasteiger partial charge in [-0.25, -0.2) is 18.4 Å². The van der Waals surface area contributed by atoms with E-state index in [9.17, 15) is 8.42 Å². The summed E-state index contributed by atoms with van der Waals surface area (Å²) in [7, 11) is -3.12. The Hall–Kier alpha value is -0.340. The molecule has 0 aliphatic carbocycles. The monoisotopic (exact) mass is 337 g/mol. The zero-order chi connectivity index (χ0) is 12.5. The molecule has 0 radical (unpaired) electrons. The number of anilines is 1. The van der Waals surface area contributed by atoms with E-state index >= 15 is 0 Å². The van der Waals surface area contributed by atoms with Gasteiger partial charge in [-0.2, -0.15) is 11.8 Å². The number of rotatable bonds is 2. The molecule has 1 atom stereocenters. The molecule has 2 rings (SSSR count). The highest BCUT2D eigenvalue weighted by Crippen LogP contribution is 2.24. The summed E-state index contributed by atoms with van der Waals surface area (Å²) < 4.78 is 24.2. The fraction of sp³-hybridized carbons (Fsp3) is 0.556. The van der Waals surface area contributed by atoms with Crippen molar-refractivity contribution < 1.29 is 8.42 Å². The molecular formula is C9H12BrN3O2S2. The van der Waals surface area contributed by atoms with Crippen LogP contribution in [0.15, 0.2) is 16.9 Å². The average molecular weight is 338 g/mol. The predicted octanol–water partition coefficient (Wildman–Crippen LogP) is 1.16. The molecule has 5 nitrogen and oxygen atoms in total. The maximum Gasteiger partial charge on any atom is 0.226 e. The standard InChI is InChI=1S/C9H12BrN3O2S2/c1-17(14,15)8-6-16-3-2-13(8)9-11-4-7(10)5-12-9/h4-5,8H,2-3,6H2,1H3. The number of hydrogen-bond acceptors (Lipinski definition) is 6. The van der Waals surface area contributed by atoms with Crippen LogP contribution in [0.4, 0.5) is 5.95 Å². The molecule has 94 valence electrons. The maximum absolute atomic E-state index is 11.7. The van der Waals surface area contributed by atoms with Gasteiger partial charge in [0.25, 0.3) is 0 Å². The fourth-order valence-electron chi connectivity index (χ4n) is 1.62. The second kappa shape index (κ2) is 5.11. The van der Waals surface area contributed by atoms with Crippen molar-refractivity contribution >= 4 is 43.5 Å². The largest absolute Gasteiger partial charge is 0.322 e. The predicted molar refractivity (Wildman–Crippen MR) is 73.0 cm³/mol. The zero-order valence-corrected chi connectivity index (χ0v) is 12.4. The third kappa shape index (κ3) is 3.11. The molecule has 1 aromatic rings. The summed E-state index contributed by atoms with van der Waals surface area (Å²) in [6.45, 7) is 0.657. The first kappa shape index (κ1) is 13.1. The molecule has 8 heteroatoms. The van der Waals surface area contributed by atoms with Gasteiger partial charge in [0, 0.05) is 36.7 Å². The van der Waals surface area contributed by atoms with Crippen molar-refractivity contribution in [1.82, 2.24) is 9.97 Å². The Morgan fingerprint density at radius 2 is 2.12 bits per heavy atom. The van der Waals surface area contributed by atoms with Crippen molar-refractivity contribution in [1.29, 1.82) is 0 Å². The first-order valence-electron chi connectivity index (χ1n) is 4.99. The van der Waals surface area contributed by atoms with Gasteiger partial charge in [0.2, 0.25) is 5.95 Å². The molecular weight excluding hydrogens is 326 g/mol. The van der Waals surface area contributed by atoms with Gasteiger partial charge in [-0.3, -0.25) is 0 Å². The third-order valence-electron chi connectivity index (χ3n) is 2.44. The molecule has 1 saturated heterocycles. The number of thioether (sulfide) groups is 1. The number of hydrogen-bond donors (Lipinski definition) is 0. The van der Waals surface area contributed by atoms with Crippen LogP contribution >= 0.6 is 27.7 Å². The van der Waals surface area contributed by atoms with Gasteiger partial charge in [0.15, 0.2) is 9.84 Å². The van der Waals surface area contributed by atoms with Gasteiger partial charge < -0.3 is 4.90 Å². The van der Waals surface area contributed by atoms with Crippen LogP contribution in [0.3, 0.4) is 0 Å². The molecule has 0 N–H and O–H groups in total. The summed E-state index contributed by atoms with van der Waals surface area (Å²) in [5, 5.41) is -0.526. The lowest BCUT2D eigenvalue weighted by molar-refractivity contribution is 0.582. The lowest BCUT2D eigenvalue weighted by Gasteiger charge is -2.33. The zero-order valence-electron chi connectivity index (χ0n) is 9.21. The Morgan fingerprint density at radius 1 is 1.47 bits per heavy atom. The molecule has 0 bridgehead atoms. The normalized spacial score (nSPS) is 21.5. The minimum absolute atomic E-state index is 0.476. The van der Waals surface area contributed by atoms with E-state index in [1.165, 1.54) is 6.26 Å². The molecule has 1 aromatic heterocycles. The SMILES string of the molecule is CS(=O)(=O)C1CSCCN1c1ncc(Br)cn1. The molecule has 1 unspecified atom stereocenters. The number of aromatic nitrogens is 2. The summed E-state index contributed by atoms with van der Waals surface area (Å²) in [6.07, 6.45) is 4.52. The Balaban J connectivity index is 2.31. The van der Waals surface area contributed by atoms with Crippen molar-refractivity contribution in [3.63, 3.8) is 0 Å². The van der Waals surface area contributed by atoms with E-state index in [1.54, 1.807) is 29.1 Å². The summed E-state index contributed by atoms with van der Waals surface area (Å²) in [5.74, 6) is 1.94. The van der Waals surface area contributed by atoms with Crippen LogP contribution in [-0.4, -0.2) is 48.1 Å². The molecule has 0 spiro atoms. The van der Waals surface area contributed by atoms with Crippen LogP contribution in [0.5, 0.6) is 0 Å². The molecule has 0 aromatic carbocycles. The smallest absolute Gasteiger partial charge is 0.226 e. The van der Waals surface area contributed by atoms with E-state index in [0.717, 1.165) is 10.2 Å². The average Bonchev–Trinajstić information content (AvgIpc) is 2.29. The highest BCUT2D eigenvalue weighted by Gasteiger charge is 2.32. The molecule has 0 amide bonds. The topological polar surface area (TPSA) is 63.2 Å². The summed E-state index contributed by atoms with van der Waals surface area (Å²) in [4.78, 5) is 10.1. The summed E-state index contributed by atoms with van der Waals surface area (Å²) in [6, 6.07) is 0. The highest BCUT2D eigenvalue weighted by molar-refractivity contribution is 9.10. The van der Waals surface area contributed by atoms with E-state index in [2.05, 4.69) is 25.9 Å².